The second kappa shape index (κ2) is 11.5. The number of nitrogens with one attached hydrogen (secondary N) is 3. The van der Waals surface area contributed by atoms with Gasteiger partial charge in [-0.1, -0.05) is 29.8 Å². The quantitative estimate of drug-likeness (QED) is 0.269. The van der Waals surface area contributed by atoms with Crippen LogP contribution in [0.5, 0.6) is 0 Å². The first-order valence-electron chi connectivity index (χ1n) is 12.6. The summed E-state index contributed by atoms with van der Waals surface area (Å²) in [7, 11) is 0. The molecule has 0 atom stereocenters. The number of hydrogen-bond donors (Lipinski definition) is 3. The average molecular weight is 572 g/mol. The van der Waals surface area contributed by atoms with E-state index in [1.54, 1.807) is 16.8 Å². The van der Waals surface area contributed by atoms with Crippen LogP contribution in [0.4, 0.5) is 29.3 Å². The van der Waals surface area contributed by atoms with Crippen molar-refractivity contribution in [3.05, 3.63) is 77.1 Å². The first-order chi connectivity index (χ1) is 19.2. The number of amides is 3. The van der Waals surface area contributed by atoms with Crippen molar-refractivity contribution in [1.29, 1.82) is 0 Å². The van der Waals surface area contributed by atoms with Crippen molar-refractivity contribution < 1.29 is 22.8 Å². The Hall–Kier alpha value is -4.16. The molecule has 0 saturated carbocycles. The van der Waals surface area contributed by atoms with E-state index in [2.05, 4.69) is 30.9 Å². The Balaban J connectivity index is 1.27. The molecule has 1 aliphatic heterocycles. The number of aromatic nitrogens is 3. The van der Waals surface area contributed by atoms with Crippen molar-refractivity contribution in [2.24, 2.45) is 0 Å². The lowest BCUT2D eigenvalue weighted by atomic mass is 10.2. The fraction of sp³-hybridized carbons (Fsp3) is 0.259. The summed E-state index contributed by atoms with van der Waals surface area (Å²) < 4.78 is 40.8. The van der Waals surface area contributed by atoms with E-state index in [1.165, 1.54) is 25.1 Å². The summed E-state index contributed by atoms with van der Waals surface area (Å²) in [6.07, 6.45) is -0.916. The van der Waals surface area contributed by atoms with Crippen LogP contribution in [0, 0.1) is 0 Å². The highest BCUT2D eigenvalue weighted by Crippen LogP contribution is 2.36. The molecule has 208 valence electrons. The molecule has 0 aliphatic carbocycles. The smallest absolute Gasteiger partial charge is 0.349 e. The van der Waals surface area contributed by atoms with Crippen LogP contribution in [-0.4, -0.2) is 57.8 Å². The molecule has 2 aromatic heterocycles. The highest BCUT2D eigenvalue weighted by atomic mass is 35.5. The first kappa shape index (κ1) is 27.4. The van der Waals surface area contributed by atoms with Crippen LogP contribution < -0.4 is 16.0 Å². The topological polar surface area (TPSA) is 104 Å². The summed E-state index contributed by atoms with van der Waals surface area (Å²) in [5.41, 5.74) is 0.127. The highest BCUT2D eigenvalue weighted by molar-refractivity contribution is 6.31. The van der Waals surface area contributed by atoms with Crippen molar-refractivity contribution in [3.63, 3.8) is 0 Å². The monoisotopic (exact) mass is 571 g/mol. The lowest BCUT2D eigenvalue weighted by Crippen LogP contribution is -2.33. The predicted molar refractivity (Wildman–Crippen MR) is 146 cm³/mol. The third kappa shape index (κ3) is 6.18. The van der Waals surface area contributed by atoms with Crippen molar-refractivity contribution >= 4 is 45.8 Å². The normalized spacial score (nSPS) is 13.9. The SMILES string of the molecule is O=C(Nc1ccc(-n2nc(C(=O)NCCN3CCCC3)c3ccccc32)nc1)Nc1ccc(Cl)c(C(F)(F)F)c1. The fourth-order valence-electron chi connectivity index (χ4n) is 4.53. The first-order valence-corrected chi connectivity index (χ1v) is 13.0. The van der Waals surface area contributed by atoms with Gasteiger partial charge in [0, 0.05) is 24.2 Å². The summed E-state index contributed by atoms with van der Waals surface area (Å²) >= 11 is 5.63. The van der Waals surface area contributed by atoms with Crippen molar-refractivity contribution in [3.8, 4) is 5.82 Å². The second-order valence-corrected chi connectivity index (χ2v) is 9.67. The fourth-order valence-corrected chi connectivity index (χ4v) is 4.75. The summed E-state index contributed by atoms with van der Waals surface area (Å²) in [5, 5.41) is 12.5. The van der Waals surface area contributed by atoms with Crippen molar-refractivity contribution in [2.75, 3.05) is 36.8 Å². The summed E-state index contributed by atoms with van der Waals surface area (Å²) in [5.74, 6) is 0.130. The Labute approximate surface area is 232 Å². The van der Waals surface area contributed by atoms with Crippen LogP contribution in [-0.2, 0) is 6.18 Å². The molecule has 0 radical (unpaired) electrons. The van der Waals surface area contributed by atoms with Crippen LogP contribution in [0.25, 0.3) is 16.7 Å². The molecule has 2 aromatic carbocycles. The van der Waals surface area contributed by atoms with Crippen LogP contribution in [0.3, 0.4) is 0 Å². The van der Waals surface area contributed by atoms with Gasteiger partial charge >= 0.3 is 12.2 Å². The zero-order valence-corrected chi connectivity index (χ0v) is 21.9. The molecule has 0 spiro atoms. The third-order valence-electron chi connectivity index (χ3n) is 6.47. The molecule has 3 N–H and O–H groups in total. The lowest BCUT2D eigenvalue weighted by molar-refractivity contribution is -0.137. The number of likely N-dealkylation sites (tertiary alicyclic amines) is 1. The number of rotatable bonds is 7. The van der Waals surface area contributed by atoms with E-state index in [0.717, 1.165) is 31.8 Å². The number of carbonyl (C=O) groups excluding carboxylic acids is 2. The number of alkyl halides is 3. The van der Waals surface area contributed by atoms with Crippen LogP contribution in [0.15, 0.2) is 60.8 Å². The maximum Gasteiger partial charge on any atom is 0.417 e. The molecular weight excluding hydrogens is 547 g/mol. The van der Waals surface area contributed by atoms with Gasteiger partial charge in [0.2, 0.25) is 0 Å². The van der Waals surface area contributed by atoms with Crippen LogP contribution in [0.2, 0.25) is 5.02 Å². The van der Waals surface area contributed by atoms with Crippen LogP contribution in [0.1, 0.15) is 28.9 Å². The largest absolute Gasteiger partial charge is 0.417 e. The Morgan fingerprint density at radius 1 is 0.975 bits per heavy atom. The standard InChI is InChI=1S/C27H25ClF3N7O2/c28-21-9-7-17(15-20(21)27(29,30)31)34-26(40)35-18-8-10-23(33-16-18)38-22-6-2-1-5-19(22)24(36-38)25(39)32-11-14-37-12-3-4-13-37/h1-2,5-10,15-16H,3-4,11-14H2,(H,32,39)(H2,34,35,40). The maximum absolute atomic E-state index is 13.1. The summed E-state index contributed by atoms with van der Waals surface area (Å²) in [4.78, 5) is 32.0. The van der Waals surface area contributed by atoms with Crippen molar-refractivity contribution in [1.82, 2.24) is 25.0 Å². The van der Waals surface area contributed by atoms with E-state index in [4.69, 9.17) is 11.6 Å². The summed E-state index contributed by atoms with van der Waals surface area (Å²) in [6, 6.07) is 12.8. The Morgan fingerprint density at radius 2 is 1.70 bits per heavy atom. The molecule has 0 unspecified atom stereocenters. The van der Waals surface area contributed by atoms with Gasteiger partial charge in [0.25, 0.3) is 5.91 Å². The van der Waals surface area contributed by atoms with Gasteiger partial charge in [-0.15, -0.1) is 0 Å². The third-order valence-corrected chi connectivity index (χ3v) is 6.80. The number of para-hydroxylation sites is 1. The van der Waals surface area contributed by atoms with Gasteiger partial charge in [0.05, 0.1) is 28.0 Å². The molecule has 0 bridgehead atoms. The van der Waals surface area contributed by atoms with E-state index >= 15 is 0 Å². The van der Waals surface area contributed by atoms with Gasteiger partial charge in [0.15, 0.2) is 11.5 Å². The van der Waals surface area contributed by atoms with E-state index in [0.29, 0.717) is 29.0 Å². The average Bonchev–Trinajstić information content (AvgIpc) is 3.58. The van der Waals surface area contributed by atoms with Gasteiger partial charge in [-0.3, -0.25) is 4.79 Å². The van der Waals surface area contributed by atoms with Gasteiger partial charge in [-0.05, 0) is 62.3 Å². The predicted octanol–water partition coefficient (Wildman–Crippen LogP) is 5.56. The minimum Gasteiger partial charge on any atom is -0.349 e. The van der Waals surface area contributed by atoms with E-state index in [9.17, 15) is 22.8 Å². The molecule has 40 heavy (non-hydrogen) atoms. The van der Waals surface area contributed by atoms with E-state index in [1.807, 2.05) is 24.3 Å². The van der Waals surface area contributed by atoms with Gasteiger partial charge in [-0.2, -0.15) is 18.3 Å². The number of hydrogen-bond acceptors (Lipinski definition) is 5. The number of carbonyl (C=O) groups is 2. The minimum atomic E-state index is -4.66. The minimum absolute atomic E-state index is 0.0759. The van der Waals surface area contributed by atoms with E-state index in [-0.39, 0.29) is 17.3 Å². The Bertz CT molecular complexity index is 1530. The number of halogens is 4. The molecule has 1 fully saturated rings. The zero-order chi connectivity index (χ0) is 28.3. The van der Waals surface area contributed by atoms with Gasteiger partial charge < -0.3 is 20.9 Å². The number of nitrogens with zero attached hydrogens (tertiary/aromatic N) is 4. The highest BCUT2D eigenvalue weighted by Gasteiger charge is 2.33. The summed E-state index contributed by atoms with van der Waals surface area (Å²) in [6.45, 7) is 3.40. The van der Waals surface area contributed by atoms with Gasteiger partial charge in [-0.25, -0.2) is 14.5 Å². The molecule has 1 saturated heterocycles. The number of fused-ring (bicyclic) bond motifs is 1. The zero-order valence-electron chi connectivity index (χ0n) is 21.1. The molecular formula is C27H25ClF3N7O2. The molecule has 13 heteroatoms. The van der Waals surface area contributed by atoms with Crippen molar-refractivity contribution in [2.45, 2.75) is 19.0 Å². The molecule has 9 nitrogen and oxygen atoms in total. The number of benzene rings is 2. The van der Waals surface area contributed by atoms with E-state index < -0.39 is 22.8 Å². The number of pyridine rings is 1. The Morgan fingerprint density at radius 3 is 2.42 bits per heavy atom. The number of urea groups is 1. The molecule has 3 heterocycles. The molecule has 3 amide bonds. The second-order valence-electron chi connectivity index (χ2n) is 9.26. The Kier molecular flexibility index (Phi) is 7.90. The van der Waals surface area contributed by atoms with Gasteiger partial charge in [0.1, 0.15) is 0 Å². The lowest BCUT2D eigenvalue weighted by Gasteiger charge is -2.14. The molecule has 1 aliphatic rings. The molecule has 4 aromatic rings. The number of anilines is 2. The van der Waals surface area contributed by atoms with Crippen LogP contribution >= 0.6 is 11.6 Å². The molecule has 5 rings (SSSR count). The maximum atomic E-state index is 13.1.